The van der Waals surface area contributed by atoms with Crippen LogP contribution in [-0.2, 0) is 13.6 Å². The lowest BCUT2D eigenvalue weighted by molar-refractivity contribution is 0.629. The number of aryl methyl sites for hydroxylation is 1. The van der Waals surface area contributed by atoms with Crippen molar-refractivity contribution in [2.24, 2.45) is 7.05 Å². The van der Waals surface area contributed by atoms with Crippen LogP contribution in [0.3, 0.4) is 0 Å². The molecule has 3 rings (SSSR count). The molecule has 0 aliphatic carbocycles. The van der Waals surface area contributed by atoms with E-state index in [9.17, 15) is 4.79 Å². The molecule has 0 spiro atoms. The van der Waals surface area contributed by atoms with Crippen molar-refractivity contribution >= 4 is 5.69 Å². The first kappa shape index (κ1) is 17.9. The fraction of sp³-hybridized carbons (Fsp3) is 0.300. The maximum Gasteiger partial charge on any atom is 0.276 e. The Morgan fingerprint density at radius 2 is 1.85 bits per heavy atom. The van der Waals surface area contributed by atoms with Crippen LogP contribution in [0.1, 0.15) is 16.8 Å². The first-order chi connectivity index (χ1) is 12.6. The van der Waals surface area contributed by atoms with E-state index in [-0.39, 0.29) is 5.56 Å². The van der Waals surface area contributed by atoms with Crippen molar-refractivity contribution in [3.8, 4) is 5.69 Å². The molecule has 3 aromatic rings. The van der Waals surface area contributed by atoms with Gasteiger partial charge in [-0.3, -0.25) is 14.5 Å². The van der Waals surface area contributed by atoms with E-state index >= 15 is 0 Å². The Morgan fingerprint density at radius 3 is 2.58 bits per heavy atom. The van der Waals surface area contributed by atoms with Crippen LogP contribution in [-0.4, -0.2) is 27.4 Å². The normalized spacial score (nSPS) is 10.9. The number of aromatic nitrogens is 3. The highest BCUT2D eigenvalue weighted by Crippen LogP contribution is 2.11. The lowest BCUT2D eigenvalue weighted by Crippen LogP contribution is -2.26. The van der Waals surface area contributed by atoms with E-state index in [1.54, 1.807) is 10.9 Å². The molecule has 0 fully saturated rings. The minimum absolute atomic E-state index is 0.0293. The van der Waals surface area contributed by atoms with E-state index in [0.29, 0.717) is 6.54 Å². The van der Waals surface area contributed by atoms with Gasteiger partial charge in [0.15, 0.2) is 0 Å². The number of pyridine rings is 1. The van der Waals surface area contributed by atoms with Crippen LogP contribution in [0.4, 0.5) is 5.69 Å². The Bertz CT molecular complexity index is 927. The number of hydrogen-bond donors (Lipinski definition) is 2. The highest BCUT2D eigenvalue weighted by Gasteiger charge is 2.15. The van der Waals surface area contributed by atoms with E-state index in [1.807, 2.05) is 68.2 Å². The van der Waals surface area contributed by atoms with Gasteiger partial charge in [-0.15, -0.1) is 0 Å². The number of para-hydroxylation sites is 1. The topological polar surface area (TPSA) is 63.9 Å². The highest BCUT2D eigenvalue weighted by atomic mass is 16.1. The van der Waals surface area contributed by atoms with E-state index < -0.39 is 0 Å². The number of hydrogen-bond acceptors (Lipinski definition) is 4. The summed E-state index contributed by atoms with van der Waals surface area (Å²) >= 11 is 0. The Balaban J connectivity index is 1.62. The van der Waals surface area contributed by atoms with Crippen LogP contribution < -0.4 is 16.2 Å². The van der Waals surface area contributed by atoms with Gasteiger partial charge in [0, 0.05) is 50.5 Å². The molecule has 0 aliphatic heterocycles. The highest BCUT2D eigenvalue weighted by molar-refractivity contribution is 5.48. The molecule has 1 aromatic carbocycles. The van der Waals surface area contributed by atoms with Crippen LogP contribution in [0.5, 0.6) is 0 Å². The van der Waals surface area contributed by atoms with Crippen molar-refractivity contribution < 1.29 is 0 Å². The molecule has 0 radical (unpaired) electrons. The fourth-order valence-electron chi connectivity index (χ4n) is 3.00. The standard InChI is InChI=1S/C20H25N5O/c1-15-13-21-10-9-19(15)23-12-11-22-14-18-16(2)24(3)25(20(18)26)17-7-5-4-6-8-17/h4-10,13,22H,11-12,14H2,1-3H3,(H,21,23). The predicted octanol–water partition coefficient (Wildman–Crippen LogP) is 2.39. The number of rotatable bonds is 7. The minimum atomic E-state index is 0.0293. The van der Waals surface area contributed by atoms with Gasteiger partial charge in [-0.2, -0.15) is 0 Å². The van der Waals surface area contributed by atoms with Gasteiger partial charge in [-0.25, -0.2) is 4.68 Å². The zero-order chi connectivity index (χ0) is 18.5. The van der Waals surface area contributed by atoms with Gasteiger partial charge in [0.1, 0.15) is 0 Å². The maximum absolute atomic E-state index is 12.8. The molecule has 0 amide bonds. The maximum atomic E-state index is 12.8. The zero-order valence-electron chi connectivity index (χ0n) is 15.5. The third-order valence-electron chi connectivity index (χ3n) is 4.61. The summed E-state index contributed by atoms with van der Waals surface area (Å²) < 4.78 is 3.62. The summed E-state index contributed by atoms with van der Waals surface area (Å²) in [5.74, 6) is 0. The Kier molecular flexibility index (Phi) is 5.53. The number of nitrogens with one attached hydrogen (secondary N) is 2. The Labute approximate surface area is 153 Å². The molecule has 2 heterocycles. The van der Waals surface area contributed by atoms with Gasteiger partial charge < -0.3 is 10.6 Å². The second kappa shape index (κ2) is 8.01. The molecular weight excluding hydrogens is 326 g/mol. The number of anilines is 1. The summed E-state index contributed by atoms with van der Waals surface area (Å²) in [6.07, 6.45) is 3.62. The van der Waals surface area contributed by atoms with Gasteiger partial charge in [-0.1, -0.05) is 18.2 Å². The van der Waals surface area contributed by atoms with Crippen LogP contribution in [0, 0.1) is 13.8 Å². The van der Waals surface area contributed by atoms with Crippen molar-refractivity contribution in [3.63, 3.8) is 0 Å². The second-order valence-electron chi connectivity index (χ2n) is 6.33. The van der Waals surface area contributed by atoms with Gasteiger partial charge in [0.25, 0.3) is 5.56 Å². The number of nitrogens with zero attached hydrogens (tertiary/aromatic N) is 3. The van der Waals surface area contributed by atoms with E-state index in [4.69, 9.17) is 0 Å². The largest absolute Gasteiger partial charge is 0.383 e. The lowest BCUT2D eigenvalue weighted by Gasteiger charge is -2.09. The Hall–Kier alpha value is -2.86. The summed E-state index contributed by atoms with van der Waals surface area (Å²) in [6.45, 7) is 6.11. The molecule has 0 bridgehead atoms. The van der Waals surface area contributed by atoms with Crippen molar-refractivity contribution in [1.29, 1.82) is 0 Å². The first-order valence-electron chi connectivity index (χ1n) is 8.77. The molecule has 2 N–H and O–H groups in total. The molecule has 0 aliphatic rings. The van der Waals surface area contributed by atoms with Crippen molar-refractivity contribution in [3.05, 3.63) is 76.0 Å². The quantitative estimate of drug-likeness (QED) is 0.642. The summed E-state index contributed by atoms with van der Waals surface area (Å²) in [6, 6.07) is 11.7. The van der Waals surface area contributed by atoms with Gasteiger partial charge in [-0.05, 0) is 37.6 Å². The van der Waals surface area contributed by atoms with E-state index in [0.717, 1.165) is 41.3 Å². The van der Waals surface area contributed by atoms with Crippen molar-refractivity contribution in [2.75, 3.05) is 18.4 Å². The van der Waals surface area contributed by atoms with Crippen LogP contribution in [0.25, 0.3) is 5.69 Å². The molecule has 6 heteroatoms. The third-order valence-corrected chi connectivity index (χ3v) is 4.61. The third kappa shape index (κ3) is 3.70. The second-order valence-corrected chi connectivity index (χ2v) is 6.33. The van der Waals surface area contributed by atoms with E-state index in [2.05, 4.69) is 15.6 Å². The van der Waals surface area contributed by atoms with Gasteiger partial charge in [0.05, 0.1) is 11.3 Å². The number of benzene rings is 1. The predicted molar refractivity (Wildman–Crippen MR) is 105 cm³/mol. The SMILES string of the molecule is Cc1cnccc1NCCNCc1c(C)n(C)n(-c2ccccc2)c1=O. The molecule has 0 saturated carbocycles. The molecule has 6 nitrogen and oxygen atoms in total. The first-order valence-corrected chi connectivity index (χ1v) is 8.77. The van der Waals surface area contributed by atoms with Gasteiger partial charge >= 0.3 is 0 Å². The molecule has 136 valence electrons. The van der Waals surface area contributed by atoms with Crippen molar-refractivity contribution in [1.82, 2.24) is 19.7 Å². The van der Waals surface area contributed by atoms with Crippen LogP contribution >= 0.6 is 0 Å². The summed E-state index contributed by atoms with van der Waals surface area (Å²) in [5.41, 5.74) is 4.90. The smallest absolute Gasteiger partial charge is 0.276 e. The Morgan fingerprint density at radius 1 is 1.08 bits per heavy atom. The lowest BCUT2D eigenvalue weighted by atomic mass is 10.2. The van der Waals surface area contributed by atoms with Crippen LogP contribution in [0.15, 0.2) is 53.6 Å². The molecule has 2 aromatic heterocycles. The van der Waals surface area contributed by atoms with Crippen molar-refractivity contribution in [2.45, 2.75) is 20.4 Å². The fourth-order valence-corrected chi connectivity index (χ4v) is 3.00. The average Bonchev–Trinajstić information content (AvgIpc) is 2.86. The summed E-state index contributed by atoms with van der Waals surface area (Å²) in [4.78, 5) is 16.9. The monoisotopic (exact) mass is 351 g/mol. The van der Waals surface area contributed by atoms with Gasteiger partial charge in [0.2, 0.25) is 0 Å². The molecular formula is C20H25N5O. The summed E-state index contributed by atoms with van der Waals surface area (Å²) in [5, 5.41) is 6.74. The average molecular weight is 351 g/mol. The van der Waals surface area contributed by atoms with E-state index in [1.165, 1.54) is 0 Å². The zero-order valence-corrected chi connectivity index (χ0v) is 15.5. The summed E-state index contributed by atoms with van der Waals surface area (Å²) in [7, 11) is 1.92. The molecule has 0 saturated heterocycles. The minimum Gasteiger partial charge on any atom is -0.383 e. The van der Waals surface area contributed by atoms with Crippen LogP contribution in [0.2, 0.25) is 0 Å². The molecule has 0 atom stereocenters. The molecule has 26 heavy (non-hydrogen) atoms. The molecule has 0 unspecified atom stereocenters.